The smallest absolute Gasteiger partial charge is 0.268 e. The summed E-state index contributed by atoms with van der Waals surface area (Å²) in [5.74, 6) is -0.289. The topological polar surface area (TPSA) is 68.2 Å². The van der Waals surface area contributed by atoms with Gasteiger partial charge in [0.15, 0.2) is 5.78 Å². The first-order valence-corrected chi connectivity index (χ1v) is 11.1. The van der Waals surface area contributed by atoms with Crippen molar-refractivity contribution >= 4 is 29.0 Å². The highest BCUT2D eigenvalue weighted by Crippen LogP contribution is 2.26. The number of nitrogens with one attached hydrogen (secondary N) is 1. The fraction of sp³-hybridized carbons (Fsp3) is 0.269. The van der Waals surface area contributed by atoms with Crippen molar-refractivity contribution in [2.75, 3.05) is 5.32 Å². The van der Waals surface area contributed by atoms with Gasteiger partial charge in [0.1, 0.15) is 5.56 Å². The van der Waals surface area contributed by atoms with E-state index in [1.807, 2.05) is 37.3 Å². The van der Waals surface area contributed by atoms with Crippen LogP contribution in [0.25, 0.3) is 5.69 Å². The van der Waals surface area contributed by atoms with Gasteiger partial charge in [-0.15, -0.1) is 0 Å². The lowest BCUT2D eigenvalue weighted by atomic mass is 9.92. The van der Waals surface area contributed by atoms with E-state index in [0.717, 1.165) is 11.1 Å². The number of nitrogens with zero attached hydrogens (tertiary/aromatic N) is 1. The van der Waals surface area contributed by atoms with Gasteiger partial charge in [0.25, 0.3) is 11.5 Å². The maximum absolute atomic E-state index is 13.5. The van der Waals surface area contributed by atoms with Crippen LogP contribution in [0.2, 0.25) is 5.02 Å². The van der Waals surface area contributed by atoms with E-state index in [2.05, 4.69) is 19.2 Å². The Hall–Kier alpha value is -3.18. The minimum absolute atomic E-state index is 0.0544. The molecule has 6 heteroatoms. The molecule has 2 aromatic carbocycles. The number of aromatic nitrogens is 1. The van der Waals surface area contributed by atoms with Gasteiger partial charge in [-0.2, -0.15) is 0 Å². The summed E-state index contributed by atoms with van der Waals surface area (Å²) in [6.45, 7) is 6.10. The molecule has 32 heavy (non-hydrogen) atoms. The second-order valence-corrected chi connectivity index (χ2v) is 8.93. The molecule has 0 saturated heterocycles. The summed E-state index contributed by atoms with van der Waals surface area (Å²) >= 11 is 6.25. The Balaban J connectivity index is 1.84. The van der Waals surface area contributed by atoms with Crippen molar-refractivity contribution in [3.63, 3.8) is 0 Å². The zero-order valence-corrected chi connectivity index (χ0v) is 19.1. The van der Waals surface area contributed by atoms with Crippen molar-refractivity contribution in [2.24, 2.45) is 0 Å². The third-order valence-corrected chi connectivity index (χ3v) is 6.17. The molecule has 0 aliphatic heterocycles. The zero-order valence-electron chi connectivity index (χ0n) is 18.4. The molecule has 1 aromatic heterocycles. The third-order valence-electron chi connectivity index (χ3n) is 5.86. The first-order valence-electron chi connectivity index (χ1n) is 10.8. The van der Waals surface area contributed by atoms with E-state index in [4.69, 9.17) is 11.6 Å². The highest BCUT2D eigenvalue weighted by molar-refractivity contribution is 6.34. The minimum atomic E-state index is -0.588. The van der Waals surface area contributed by atoms with Gasteiger partial charge >= 0.3 is 0 Å². The highest BCUT2D eigenvalue weighted by atomic mass is 35.5. The number of carbonyl (C=O) groups is 2. The largest absolute Gasteiger partial charge is 0.320 e. The maximum atomic E-state index is 13.5. The minimum Gasteiger partial charge on any atom is -0.320 e. The monoisotopic (exact) mass is 448 g/mol. The molecule has 1 aliphatic carbocycles. The molecule has 1 heterocycles. The number of ketones is 1. The first kappa shape index (κ1) is 22.0. The lowest BCUT2D eigenvalue weighted by Gasteiger charge is -2.22. The third kappa shape index (κ3) is 4.13. The number of anilines is 1. The number of Topliss-reactive ketones (excluding diaryl/α,β-unsaturated/α-hetero) is 1. The van der Waals surface area contributed by atoms with E-state index in [1.54, 1.807) is 12.1 Å². The van der Waals surface area contributed by atoms with Crippen LogP contribution in [-0.2, 0) is 6.42 Å². The molecule has 0 spiro atoms. The van der Waals surface area contributed by atoms with Gasteiger partial charge in [-0.1, -0.05) is 43.6 Å². The summed E-state index contributed by atoms with van der Waals surface area (Å²) < 4.78 is 1.52. The molecule has 0 bridgehead atoms. The molecule has 0 fully saturated rings. The summed E-state index contributed by atoms with van der Waals surface area (Å²) in [5.41, 5.74) is 3.73. The number of halogens is 1. The van der Waals surface area contributed by atoms with E-state index < -0.39 is 11.5 Å². The van der Waals surface area contributed by atoms with Crippen LogP contribution in [0.3, 0.4) is 0 Å². The SMILES string of the molecule is Cc1ccc(NC(=O)c2cc3c(n(-c4ccc(C(C)C)cc4)c2=O)CCCC3=O)c(Cl)c1. The summed E-state index contributed by atoms with van der Waals surface area (Å²) in [5, 5.41) is 3.11. The number of pyridine rings is 1. The summed E-state index contributed by atoms with van der Waals surface area (Å²) in [6.07, 6.45) is 1.69. The van der Waals surface area contributed by atoms with Crippen molar-refractivity contribution in [3.8, 4) is 5.69 Å². The molecule has 1 amide bonds. The van der Waals surface area contributed by atoms with Crippen molar-refractivity contribution in [1.82, 2.24) is 4.57 Å². The normalized spacial score (nSPS) is 13.2. The molecule has 0 unspecified atom stereocenters. The number of carbonyl (C=O) groups excluding carboxylic acids is 2. The molecule has 3 aromatic rings. The second kappa shape index (κ2) is 8.75. The van der Waals surface area contributed by atoms with Crippen LogP contribution in [0.15, 0.2) is 53.3 Å². The van der Waals surface area contributed by atoms with Gasteiger partial charge in [-0.25, -0.2) is 0 Å². The Morgan fingerprint density at radius 2 is 1.75 bits per heavy atom. The average molecular weight is 449 g/mol. The lowest BCUT2D eigenvalue weighted by molar-refractivity contribution is 0.0971. The van der Waals surface area contributed by atoms with Crippen molar-refractivity contribution in [3.05, 3.63) is 91.9 Å². The quantitative estimate of drug-likeness (QED) is 0.557. The van der Waals surface area contributed by atoms with Crippen LogP contribution < -0.4 is 10.9 Å². The standard InChI is InChI=1S/C26H25ClN2O3/c1-15(2)17-8-10-18(11-9-17)29-23-5-4-6-24(30)19(23)14-20(26(29)32)25(31)28-22-12-7-16(3)13-21(22)27/h7-15H,4-6H2,1-3H3,(H,28,31). The highest BCUT2D eigenvalue weighted by Gasteiger charge is 2.26. The van der Waals surface area contributed by atoms with Gasteiger partial charge < -0.3 is 5.32 Å². The number of hydrogen-bond acceptors (Lipinski definition) is 3. The molecule has 4 rings (SSSR count). The average Bonchev–Trinajstić information content (AvgIpc) is 2.75. The van der Waals surface area contributed by atoms with Crippen LogP contribution in [0, 0.1) is 6.92 Å². The van der Waals surface area contributed by atoms with Gasteiger partial charge in [0.2, 0.25) is 0 Å². The van der Waals surface area contributed by atoms with Crippen LogP contribution in [0.1, 0.15) is 70.1 Å². The van der Waals surface area contributed by atoms with E-state index in [0.29, 0.717) is 52.8 Å². The van der Waals surface area contributed by atoms with Crippen LogP contribution >= 0.6 is 11.6 Å². The Bertz CT molecular complexity index is 1270. The molecular formula is C26H25ClN2O3. The molecule has 5 nitrogen and oxygen atoms in total. The fourth-order valence-electron chi connectivity index (χ4n) is 4.05. The number of aryl methyl sites for hydroxylation is 1. The van der Waals surface area contributed by atoms with Crippen LogP contribution in [0.5, 0.6) is 0 Å². The Morgan fingerprint density at radius 3 is 2.41 bits per heavy atom. The molecular weight excluding hydrogens is 424 g/mol. The van der Waals surface area contributed by atoms with E-state index in [1.165, 1.54) is 10.6 Å². The Labute approximate surface area is 192 Å². The van der Waals surface area contributed by atoms with E-state index in [9.17, 15) is 14.4 Å². The summed E-state index contributed by atoms with van der Waals surface area (Å²) in [4.78, 5) is 39.3. The van der Waals surface area contributed by atoms with Gasteiger partial charge in [-0.05, 0) is 67.1 Å². The molecule has 0 radical (unpaired) electrons. The summed E-state index contributed by atoms with van der Waals surface area (Å²) in [7, 11) is 0. The molecule has 0 atom stereocenters. The van der Waals surface area contributed by atoms with E-state index in [-0.39, 0.29) is 11.3 Å². The molecule has 1 aliphatic rings. The van der Waals surface area contributed by atoms with Gasteiger partial charge in [-0.3, -0.25) is 19.0 Å². The fourth-order valence-corrected chi connectivity index (χ4v) is 4.33. The Morgan fingerprint density at radius 1 is 1.03 bits per heavy atom. The van der Waals surface area contributed by atoms with E-state index >= 15 is 0 Å². The molecule has 1 N–H and O–H groups in total. The number of amides is 1. The lowest BCUT2D eigenvalue weighted by Crippen LogP contribution is -2.33. The predicted octanol–water partition coefficient (Wildman–Crippen LogP) is 5.69. The van der Waals surface area contributed by atoms with Crippen LogP contribution in [0.4, 0.5) is 5.69 Å². The van der Waals surface area contributed by atoms with Crippen LogP contribution in [-0.4, -0.2) is 16.3 Å². The zero-order chi connectivity index (χ0) is 23.0. The number of benzene rings is 2. The first-order chi connectivity index (χ1) is 15.3. The Kier molecular flexibility index (Phi) is 6.02. The summed E-state index contributed by atoms with van der Waals surface area (Å²) in [6, 6.07) is 14.4. The number of fused-ring (bicyclic) bond motifs is 1. The number of hydrogen-bond donors (Lipinski definition) is 1. The predicted molar refractivity (Wildman–Crippen MR) is 128 cm³/mol. The van der Waals surface area contributed by atoms with Crippen molar-refractivity contribution < 1.29 is 9.59 Å². The molecule has 0 saturated carbocycles. The second-order valence-electron chi connectivity index (χ2n) is 8.52. The van der Waals surface area contributed by atoms with Crippen molar-refractivity contribution in [2.45, 2.75) is 46.0 Å². The van der Waals surface area contributed by atoms with Crippen molar-refractivity contribution in [1.29, 1.82) is 0 Å². The van der Waals surface area contributed by atoms with Gasteiger partial charge in [0.05, 0.1) is 10.7 Å². The number of rotatable bonds is 4. The van der Waals surface area contributed by atoms with Gasteiger partial charge in [0, 0.05) is 23.4 Å². The maximum Gasteiger partial charge on any atom is 0.268 e. The molecule has 164 valence electrons.